The summed E-state index contributed by atoms with van der Waals surface area (Å²) in [6.07, 6.45) is 2.27. The topological polar surface area (TPSA) is 28.2 Å². The first-order valence-corrected chi connectivity index (χ1v) is 6.87. The maximum Gasteiger partial charge on any atom is 0.141 e. The highest BCUT2D eigenvalue weighted by Crippen LogP contribution is 2.27. The van der Waals surface area contributed by atoms with E-state index in [1.54, 1.807) is 6.07 Å². The fraction of sp³-hybridized carbons (Fsp3) is 0.312. The lowest BCUT2D eigenvalue weighted by molar-refractivity contribution is 0.522. The van der Waals surface area contributed by atoms with E-state index in [-0.39, 0.29) is 5.82 Å². The SMILES string of the molecule is CNCC1Cc2ccccc2CN1c1ccc(F)cn1. The molecule has 0 spiro atoms. The van der Waals surface area contributed by atoms with Gasteiger partial charge in [-0.1, -0.05) is 24.3 Å². The van der Waals surface area contributed by atoms with Crippen LogP contribution < -0.4 is 10.2 Å². The number of aromatic nitrogens is 1. The smallest absolute Gasteiger partial charge is 0.141 e. The lowest BCUT2D eigenvalue weighted by Crippen LogP contribution is -2.46. The summed E-state index contributed by atoms with van der Waals surface area (Å²) >= 11 is 0. The maximum atomic E-state index is 13.0. The van der Waals surface area contributed by atoms with E-state index in [9.17, 15) is 4.39 Å². The van der Waals surface area contributed by atoms with Gasteiger partial charge in [0.2, 0.25) is 0 Å². The maximum absolute atomic E-state index is 13.0. The summed E-state index contributed by atoms with van der Waals surface area (Å²) in [6, 6.07) is 12.1. The highest BCUT2D eigenvalue weighted by molar-refractivity contribution is 5.45. The van der Waals surface area contributed by atoms with Crippen LogP contribution in [0.5, 0.6) is 0 Å². The van der Waals surface area contributed by atoms with Gasteiger partial charge in [0.05, 0.1) is 6.20 Å². The third-order valence-electron chi connectivity index (χ3n) is 3.80. The molecule has 1 unspecified atom stereocenters. The van der Waals surface area contributed by atoms with Crippen molar-refractivity contribution in [2.45, 2.75) is 19.0 Å². The van der Waals surface area contributed by atoms with E-state index < -0.39 is 0 Å². The molecular weight excluding hydrogens is 253 g/mol. The molecule has 1 aliphatic heterocycles. The number of pyridine rings is 1. The molecule has 2 heterocycles. The van der Waals surface area contributed by atoms with Crippen molar-refractivity contribution in [1.82, 2.24) is 10.3 Å². The number of likely N-dealkylation sites (N-methyl/N-ethyl adjacent to an activating group) is 1. The van der Waals surface area contributed by atoms with Gasteiger partial charge in [-0.25, -0.2) is 9.37 Å². The molecule has 1 aliphatic rings. The Kier molecular flexibility index (Phi) is 3.65. The molecule has 4 heteroatoms. The quantitative estimate of drug-likeness (QED) is 0.929. The van der Waals surface area contributed by atoms with Crippen molar-refractivity contribution in [3.8, 4) is 0 Å². The number of benzene rings is 1. The minimum atomic E-state index is -0.295. The molecule has 0 aliphatic carbocycles. The van der Waals surface area contributed by atoms with Crippen LogP contribution in [-0.4, -0.2) is 24.6 Å². The van der Waals surface area contributed by atoms with Crippen molar-refractivity contribution >= 4 is 5.82 Å². The van der Waals surface area contributed by atoms with Gasteiger partial charge in [0.1, 0.15) is 11.6 Å². The van der Waals surface area contributed by atoms with Crippen LogP contribution in [0.1, 0.15) is 11.1 Å². The first-order chi connectivity index (χ1) is 9.78. The number of hydrogen-bond donors (Lipinski definition) is 1. The highest BCUT2D eigenvalue weighted by atomic mass is 19.1. The van der Waals surface area contributed by atoms with Gasteiger partial charge in [-0.2, -0.15) is 0 Å². The molecule has 0 amide bonds. The van der Waals surface area contributed by atoms with Crippen LogP contribution >= 0.6 is 0 Å². The molecule has 3 rings (SSSR count). The fourth-order valence-corrected chi connectivity index (χ4v) is 2.81. The molecular formula is C16H18FN3. The predicted octanol–water partition coefficient (Wildman–Crippen LogP) is 2.37. The summed E-state index contributed by atoms with van der Waals surface area (Å²) in [4.78, 5) is 6.48. The summed E-state index contributed by atoms with van der Waals surface area (Å²) in [7, 11) is 1.96. The van der Waals surface area contributed by atoms with E-state index in [0.29, 0.717) is 6.04 Å². The zero-order chi connectivity index (χ0) is 13.9. The second kappa shape index (κ2) is 5.59. The minimum Gasteiger partial charge on any atom is -0.348 e. The van der Waals surface area contributed by atoms with E-state index in [1.807, 2.05) is 7.05 Å². The summed E-state index contributed by atoms with van der Waals surface area (Å²) in [6.45, 7) is 1.70. The van der Waals surface area contributed by atoms with Crippen molar-refractivity contribution in [3.63, 3.8) is 0 Å². The number of rotatable bonds is 3. The third kappa shape index (κ3) is 2.51. The summed E-state index contributed by atoms with van der Waals surface area (Å²) in [5.74, 6) is 0.539. The molecule has 20 heavy (non-hydrogen) atoms. The molecule has 0 saturated carbocycles. The number of halogens is 1. The predicted molar refractivity (Wildman–Crippen MR) is 78.2 cm³/mol. The number of fused-ring (bicyclic) bond motifs is 1. The van der Waals surface area contributed by atoms with Gasteiger partial charge in [-0.3, -0.25) is 0 Å². The molecule has 0 radical (unpaired) electrons. The second-order valence-electron chi connectivity index (χ2n) is 5.15. The number of nitrogens with one attached hydrogen (secondary N) is 1. The number of hydrogen-bond acceptors (Lipinski definition) is 3. The molecule has 2 aromatic rings. The lowest BCUT2D eigenvalue weighted by atomic mass is 9.94. The van der Waals surface area contributed by atoms with E-state index in [2.05, 4.69) is 39.5 Å². The van der Waals surface area contributed by atoms with Gasteiger partial charge in [0.15, 0.2) is 0 Å². The Morgan fingerprint density at radius 3 is 2.75 bits per heavy atom. The van der Waals surface area contributed by atoms with E-state index in [1.165, 1.54) is 23.4 Å². The zero-order valence-corrected chi connectivity index (χ0v) is 11.5. The normalized spacial score (nSPS) is 17.9. The molecule has 1 aromatic heterocycles. The Labute approximate surface area is 118 Å². The van der Waals surface area contributed by atoms with Crippen molar-refractivity contribution in [3.05, 3.63) is 59.5 Å². The van der Waals surface area contributed by atoms with E-state index >= 15 is 0 Å². The monoisotopic (exact) mass is 271 g/mol. The van der Waals surface area contributed by atoms with Crippen LogP contribution in [0, 0.1) is 5.82 Å². The molecule has 0 saturated heterocycles. The lowest BCUT2D eigenvalue weighted by Gasteiger charge is -2.37. The standard InChI is InChI=1S/C16H18FN3/c1-18-10-15-8-12-4-2-3-5-13(12)11-20(15)16-7-6-14(17)9-19-16/h2-7,9,15,18H,8,10-11H2,1H3. The van der Waals surface area contributed by atoms with E-state index in [0.717, 1.165) is 25.3 Å². The van der Waals surface area contributed by atoms with Gasteiger partial charge in [0, 0.05) is 19.1 Å². The summed E-state index contributed by atoms with van der Waals surface area (Å²) in [5, 5.41) is 3.24. The first-order valence-electron chi connectivity index (χ1n) is 6.87. The van der Waals surface area contributed by atoms with Crippen molar-refractivity contribution in [2.75, 3.05) is 18.5 Å². The largest absolute Gasteiger partial charge is 0.348 e. The van der Waals surface area contributed by atoms with Gasteiger partial charge >= 0.3 is 0 Å². The summed E-state index contributed by atoms with van der Waals surface area (Å²) < 4.78 is 13.0. The van der Waals surface area contributed by atoms with Crippen LogP contribution in [0.15, 0.2) is 42.6 Å². The Bertz CT molecular complexity index is 583. The average molecular weight is 271 g/mol. The van der Waals surface area contributed by atoms with Crippen molar-refractivity contribution in [2.24, 2.45) is 0 Å². The molecule has 1 aromatic carbocycles. The average Bonchev–Trinajstić information content (AvgIpc) is 2.48. The van der Waals surface area contributed by atoms with Crippen LogP contribution in [0.2, 0.25) is 0 Å². The first kappa shape index (κ1) is 13.1. The molecule has 104 valence electrons. The Morgan fingerprint density at radius 2 is 2.05 bits per heavy atom. The fourth-order valence-electron chi connectivity index (χ4n) is 2.81. The van der Waals surface area contributed by atoms with Crippen molar-refractivity contribution in [1.29, 1.82) is 0 Å². The Balaban J connectivity index is 1.93. The highest BCUT2D eigenvalue weighted by Gasteiger charge is 2.26. The summed E-state index contributed by atoms with van der Waals surface area (Å²) in [5.41, 5.74) is 2.72. The molecule has 0 fully saturated rings. The van der Waals surface area contributed by atoms with Crippen LogP contribution in [0.3, 0.4) is 0 Å². The third-order valence-corrected chi connectivity index (χ3v) is 3.80. The molecule has 1 atom stereocenters. The van der Waals surface area contributed by atoms with Crippen molar-refractivity contribution < 1.29 is 4.39 Å². The Hall–Kier alpha value is -1.94. The van der Waals surface area contributed by atoms with Gasteiger partial charge in [0.25, 0.3) is 0 Å². The number of anilines is 1. The second-order valence-corrected chi connectivity index (χ2v) is 5.15. The van der Waals surface area contributed by atoms with Gasteiger partial charge < -0.3 is 10.2 Å². The Morgan fingerprint density at radius 1 is 1.25 bits per heavy atom. The van der Waals surface area contributed by atoms with Gasteiger partial charge in [-0.05, 0) is 36.7 Å². The van der Waals surface area contributed by atoms with Gasteiger partial charge in [-0.15, -0.1) is 0 Å². The minimum absolute atomic E-state index is 0.295. The van der Waals surface area contributed by atoms with Crippen LogP contribution in [0.25, 0.3) is 0 Å². The number of nitrogens with zero attached hydrogens (tertiary/aromatic N) is 2. The van der Waals surface area contributed by atoms with E-state index in [4.69, 9.17) is 0 Å². The molecule has 3 nitrogen and oxygen atoms in total. The zero-order valence-electron chi connectivity index (χ0n) is 11.5. The molecule has 0 bridgehead atoms. The molecule has 1 N–H and O–H groups in total. The van der Waals surface area contributed by atoms with Crippen LogP contribution in [-0.2, 0) is 13.0 Å². The van der Waals surface area contributed by atoms with Crippen LogP contribution in [0.4, 0.5) is 10.2 Å².